The zero-order chi connectivity index (χ0) is 17.2. The Labute approximate surface area is 146 Å². The number of nitrogens with two attached hydrogens (primary N) is 1. The lowest BCUT2D eigenvalue weighted by molar-refractivity contribution is 0.411. The molecular formula is C19H21N5O. The number of nitrogens with zero attached hydrogens (tertiary/aromatic N) is 4. The van der Waals surface area contributed by atoms with Crippen LogP contribution in [0.4, 0.5) is 5.95 Å². The van der Waals surface area contributed by atoms with E-state index >= 15 is 0 Å². The maximum Gasteiger partial charge on any atom is 0.225 e. The Hall–Kier alpha value is -2.73. The highest BCUT2D eigenvalue weighted by Crippen LogP contribution is 2.30. The molecule has 128 valence electrons. The van der Waals surface area contributed by atoms with Gasteiger partial charge in [0.1, 0.15) is 0 Å². The molecule has 3 N–H and O–H groups in total. The molecule has 0 radical (unpaired) electrons. The van der Waals surface area contributed by atoms with Crippen molar-refractivity contribution in [1.82, 2.24) is 15.0 Å². The molecule has 3 aromatic rings. The molecule has 0 saturated carbocycles. The molecule has 0 spiro atoms. The van der Waals surface area contributed by atoms with E-state index in [9.17, 15) is 5.11 Å². The van der Waals surface area contributed by atoms with Gasteiger partial charge in [0, 0.05) is 24.7 Å². The van der Waals surface area contributed by atoms with Gasteiger partial charge in [0.05, 0.1) is 16.8 Å². The quantitative estimate of drug-likeness (QED) is 0.765. The van der Waals surface area contributed by atoms with E-state index in [1.165, 1.54) is 0 Å². The predicted octanol–water partition coefficient (Wildman–Crippen LogP) is 2.57. The molecule has 0 atom stereocenters. The van der Waals surface area contributed by atoms with E-state index in [1.54, 1.807) is 6.20 Å². The van der Waals surface area contributed by atoms with E-state index in [4.69, 9.17) is 5.73 Å². The van der Waals surface area contributed by atoms with Gasteiger partial charge in [-0.15, -0.1) is 0 Å². The van der Waals surface area contributed by atoms with Gasteiger partial charge < -0.3 is 15.7 Å². The van der Waals surface area contributed by atoms with Gasteiger partial charge in [-0.25, -0.2) is 15.0 Å². The topological polar surface area (TPSA) is 88.2 Å². The number of rotatable bonds is 3. The third kappa shape index (κ3) is 3.13. The highest BCUT2D eigenvalue weighted by atomic mass is 16.3. The van der Waals surface area contributed by atoms with Crippen LogP contribution in [0.15, 0.2) is 42.6 Å². The summed E-state index contributed by atoms with van der Waals surface area (Å²) in [5.41, 5.74) is 7.84. The second-order valence-corrected chi connectivity index (χ2v) is 6.46. The fourth-order valence-corrected chi connectivity index (χ4v) is 3.31. The zero-order valence-electron chi connectivity index (χ0n) is 14.0. The number of fused-ring (bicyclic) bond motifs is 1. The Bertz CT molecular complexity index is 890. The van der Waals surface area contributed by atoms with E-state index in [0.717, 1.165) is 43.4 Å². The number of benzene rings is 1. The molecule has 3 heterocycles. The van der Waals surface area contributed by atoms with Crippen LogP contribution in [0.25, 0.3) is 22.2 Å². The van der Waals surface area contributed by atoms with Crippen LogP contribution in [-0.4, -0.2) is 39.7 Å². The summed E-state index contributed by atoms with van der Waals surface area (Å²) in [6, 6.07) is 11.4. The lowest BCUT2D eigenvalue weighted by Gasteiger charge is -2.31. The maximum absolute atomic E-state index is 10.3. The molecule has 6 nitrogen and oxygen atoms in total. The highest BCUT2D eigenvalue weighted by Gasteiger charge is 2.20. The fraction of sp³-hybridized carbons (Fsp3) is 0.316. The first-order chi connectivity index (χ1) is 12.2. The number of aromatic nitrogens is 3. The van der Waals surface area contributed by atoms with Crippen molar-refractivity contribution in [2.24, 2.45) is 11.7 Å². The van der Waals surface area contributed by atoms with Crippen molar-refractivity contribution in [3.8, 4) is 17.1 Å². The molecule has 0 bridgehead atoms. The predicted molar refractivity (Wildman–Crippen MR) is 98.4 cm³/mol. The number of hydrogen-bond donors (Lipinski definition) is 2. The summed E-state index contributed by atoms with van der Waals surface area (Å²) >= 11 is 0. The highest BCUT2D eigenvalue weighted by molar-refractivity contribution is 5.85. The van der Waals surface area contributed by atoms with Gasteiger partial charge in [-0.05, 0) is 43.5 Å². The largest absolute Gasteiger partial charge is 0.493 e. The molecule has 6 heteroatoms. The normalized spacial score (nSPS) is 15.6. The van der Waals surface area contributed by atoms with Crippen LogP contribution in [0.3, 0.4) is 0 Å². The number of piperidine rings is 1. The van der Waals surface area contributed by atoms with Crippen LogP contribution in [0.5, 0.6) is 5.88 Å². The Morgan fingerprint density at radius 1 is 1.12 bits per heavy atom. The van der Waals surface area contributed by atoms with Crippen molar-refractivity contribution in [3.63, 3.8) is 0 Å². The molecule has 1 fully saturated rings. The average Bonchev–Trinajstić information content (AvgIpc) is 2.67. The van der Waals surface area contributed by atoms with Gasteiger partial charge in [-0.3, -0.25) is 0 Å². The van der Waals surface area contributed by atoms with Crippen LogP contribution >= 0.6 is 0 Å². The van der Waals surface area contributed by atoms with Gasteiger partial charge in [0.25, 0.3) is 0 Å². The molecule has 2 aromatic heterocycles. The van der Waals surface area contributed by atoms with Crippen molar-refractivity contribution >= 4 is 16.9 Å². The number of aromatic hydroxyl groups is 1. The average molecular weight is 335 g/mol. The fourth-order valence-electron chi connectivity index (χ4n) is 3.31. The van der Waals surface area contributed by atoms with Crippen molar-refractivity contribution in [2.75, 3.05) is 24.5 Å². The van der Waals surface area contributed by atoms with Crippen LogP contribution in [-0.2, 0) is 0 Å². The van der Waals surface area contributed by atoms with Crippen molar-refractivity contribution < 1.29 is 5.11 Å². The van der Waals surface area contributed by atoms with E-state index < -0.39 is 0 Å². The Morgan fingerprint density at radius 3 is 2.72 bits per heavy atom. The van der Waals surface area contributed by atoms with Crippen LogP contribution in [0.2, 0.25) is 0 Å². The second kappa shape index (κ2) is 6.64. The molecule has 0 unspecified atom stereocenters. The summed E-state index contributed by atoms with van der Waals surface area (Å²) in [6.07, 6.45) is 3.86. The van der Waals surface area contributed by atoms with Gasteiger partial charge in [-0.2, -0.15) is 0 Å². The van der Waals surface area contributed by atoms with E-state index in [2.05, 4.69) is 19.9 Å². The van der Waals surface area contributed by atoms with Crippen molar-refractivity contribution in [3.05, 3.63) is 42.6 Å². The first-order valence-corrected chi connectivity index (χ1v) is 8.62. The van der Waals surface area contributed by atoms with Crippen LogP contribution in [0, 0.1) is 5.92 Å². The number of para-hydroxylation sites is 1. The Balaban J connectivity index is 1.67. The van der Waals surface area contributed by atoms with E-state index in [0.29, 0.717) is 23.1 Å². The molecule has 1 aliphatic rings. The summed E-state index contributed by atoms with van der Waals surface area (Å²) < 4.78 is 0. The summed E-state index contributed by atoms with van der Waals surface area (Å²) in [7, 11) is 0. The Morgan fingerprint density at radius 2 is 1.92 bits per heavy atom. The third-order valence-electron chi connectivity index (χ3n) is 4.85. The summed E-state index contributed by atoms with van der Waals surface area (Å²) in [5, 5.41) is 11.3. The minimum absolute atomic E-state index is 0.00908. The second-order valence-electron chi connectivity index (χ2n) is 6.46. The SMILES string of the molecule is NCC1CCN(c2nccc(-c3cc4ccccc4nc3O)n2)CC1. The first-order valence-electron chi connectivity index (χ1n) is 8.62. The molecule has 4 rings (SSSR count). The van der Waals surface area contributed by atoms with Gasteiger partial charge in [0.2, 0.25) is 11.8 Å². The molecule has 1 aromatic carbocycles. The van der Waals surface area contributed by atoms with Gasteiger partial charge in [-0.1, -0.05) is 18.2 Å². The van der Waals surface area contributed by atoms with Crippen LogP contribution < -0.4 is 10.6 Å². The maximum atomic E-state index is 10.3. The molecule has 0 amide bonds. The summed E-state index contributed by atoms with van der Waals surface area (Å²) in [4.78, 5) is 15.5. The van der Waals surface area contributed by atoms with E-state index in [1.807, 2.05) is 36.4 Å². The van der Waals surface area contributed by atoms with Crippen LogP contribution in [0.1, 0.15) is 12.8 Å². The lowest BCUT2D eigenvalue weighted by Crippen LogP contribution is -2.37. The molecule has 1 aliphatic heterocycles. The Kier molecular flexibility index (Phi) is 4.19. The third-order valence-corrected chi connectivity index (χ3v) is 4.85. The van der Waals surface area contributed by atoms with E-state index in [-0.39, 0.29) is 5.88 Å². The summed E-state index contributed by atoms with van der Waals surface area (Å²) in [5.74, 6) is 1.28. The van der Waals surface area contributed by atoms with Gasteiger partial charge in [0.15, 0.2) is 0 Å². The monoisotopic (exact) mass is 335 g/mol. The minimum Gasteiger partial charge on any atom is -0.493 e. The number of pyridine rings is 1. The molecule has 25 heavy (non-hydrogen) atoms. The summed E-state index contributed by atoms with van der Waals surface area (Å²) in [6.45, 7) is 2.56. The first kappa shape index (κ1) is 15.8. The standard InChI is InChI=1S/C19H21N5O/c20-12-13-6-9-24(10-7-13)19-21-8-5-17(23-19)15-11-14-3-1-2-4-16(14)22-18(15)25/h1-5,8,11,13H,6-7,9-10,12,20H2,(H,22,25). The zero-order valence-corrected chi connectivity index (χ0v) is 14.0. The van der Waals surface area contributed by atoms with Gasteiger partial charge >= 0.3 is 0 Å². The van der Waals surface area contributed by atoms with Crippen molar-refractivity contribution in [1.29, 1.82) is 0 Å². The number of hydrogen-bond acceptors (Lipinski definition) is 6. The van der Waals surface area contributed by atoms with Crippen molar-refractivity contribution in [2.45, 2.75) is 12.8 Å². The molecule has 1 saturated heterocycles. The molecular weight excluding hydrogens is 314 g/mol. The molecule has 0 aliphatic carbocycles. The minimum atomic E-state index is -0.00908. The lowest BCUT2D eigenvalue weighted by atomic mass is 9.97. The number of anilines is 1. The smallest absolute Gasteiger partial charge is 0.225 e.